The molecule has 1 aromatic rings. The Bertz CT molecular complexity index is 598. The highest BCUT2D eigenvalue weighted by atomic mass is 79.9. The normalized spacial score (nSPS) is 30.2. The van der Waals surface area contributed by atoms with Gasteiger partial charge in [-0.3, -0.25) is 19.7 Å². The maximum Gasteiger partial charge on any atom is 0.237 e. The number of nitrogens with one attached hydrogen (secondary N) is 1. The number of benzene rings is 1. The van der Waals surface area contributed by atoms with Crippen LogP contribution in [0, 0.1) is 0 Å². The van der Waals surface area contributed by atoms with Crippen molar-refractivity contribution in [2.45, 2.75) is 29.5 Å². The Balaban J connectivity index is 2.17. The van der Waals surface area contributed by atoms with Gasteiger partial charge in [0.1, 0.15) is 0 Å². The molecule has 0 bridgehead atoms. The van der Waals surface area contributed by atoms with E-state index in [2.05, 4.69) is 21.2 Å². The Kier molecular flexibility index (Phi) is 2.82. The maximum atomic E-state index is 12.3. The number of rotatable bonds is 0. The number of piperidine rings is 1. The Morgan fingerprint density at radius 3 is 2.68 bits per heavy atom. The molecular formula is C14H12BrNO3. The van der Waals surface area contributed by atoms with Crippen molar-refractivity contribution < 1.29 is 14.4 Å². The average molecular weight is 322 g/mol. The Hall–Kier alpha value is -1.49. The van der Waals surface area contributed by atoms with E-state index in [1.165, 1.54) is 0 Å². The van der Waals surface area contributed by atoms with E-state index >= 15 is 0 Å². The summed E-state index contributed by atoms with van der Waals surface area (Å²) in [6.07, 6.45) is 1.18. The van der Waals surface area contributed by atoms with Gasteiger partial charge >= 0.3 is 0 Å². The molecule has 1 heterocycles. The number of fused-ring (bicyclic) bond motifs is 2. The molecule has 4 nitrogen and oxygen atoms in total. The molecule has 1 N–H and O–H groups in total. The molecule has 0 unspecified atom stereocenters. The van der Waals surface area contributed by atoms with Gasteiger partial charge in [-0.15, -0.1) is 0 Å². The standard InChI is InChI=1S/C14H12BrNO3/c15-10-7-14(6-5-11(17)16-13(14)19)9-4-2-1-3-8(9)12(10)18/h1-4,10H,5-7H2,(H,16,17,19)/t10-,14+/m0/s1. The summed E-state index contributed by atoms with van der Waals surface area (Å²) in [5.41, 5.74) is 0.577. The molecule has 0 saturated carbocycles. The molecule has 19 heavy (non-hydrogen) atoms. The molecular weight excluding hydrogens is 310 g/mol. The first-order chi connectivity index (χ1) is 9.04. The summed E-state index contributed by atoms with van der Waals surface area (Å²) in [7, 11) is 0. The number of hydrogen-bond donors (Lipinski definition) is 1. The van der Waals surface area contributed by atoms with Crippen LogP contribution in [0.1, 0.15) is 35.2 Å². The number of Topliss-reactive ketones (excluding diaryl/α,β-unsaturated/α-hetero) is 1. The van der Waals surface area contributed by atoms with Crippen molar-refractivity contribution in [2.24, 2.45) is 0 Å². The monoisotopic (exact) mass is 321 g/mol. The van der Waals surface area contributed by atoms with Crippen molar-refractivity contribution in [1.29, 1.82) is 0 Å². The van der Waals surface area contributed by atoms with Crippen molar-refractivity contribution in [2.75, 3.05) is 0 Å². The van der Waals surface area contributed by atoms with Crippen LogP contribution >= 0.6 is 15.9 Å². The lowest BCUT2D eigenvalue weighted by molar-refractivity contribution is -0.138. The van der Waals surface area contributed by atoms with E-state index in [0.29, 0.717) is 24.8 Å². The molecule has 2 amide bonds. The van der Waals surface area contributed by atoms with Crippen LogP contribution in [-0.4, -0.2) is 22.4 Å². The van der Waals surface area contributed by atoms with Crippen LogP contribution in [0.3, 0.4) is 0 Å². The molecule has 1 aromatic carbocycles. The predicted octanol–water partition coefficient (Wildman–Crippen LogP) is 1.71. The van der Waals surface area contributed by atoms with Crippen molar-refractivity contribution in [3.8, 4) is 0 Å². The number of alkyl halides is 1. The minimum Gasteiger partial charge on any atom is -0.296 e. The number of carbonyl (C=O) groups is 3. The average Bonchev–Trinajstić information content (AvgIpc) is 2.40. The predicted molar refractivity (Wildman–Crippen MR) is 72.2 cm³/mol. The summed E-state index contributed by atoms with van der Waals surface area (Å²) in [4.78, 5) is 35.5. The van der Waals surface area contributed by atoms with Gasteiger partial charge in [-0.1, -0.05) is 40.2 Å². The minimum absolute atomic E-state index is 0.00549. The number of ketones is 1. The SMILES string of the molecule is O=C1CC[C@]2(C[C@H](Br)C(=O)c3ccccc32)C(=O)N1. The molecule has 3 rings (SSSR count). The summed E-state index contributed by atoms with van der Waals surface area (Å²) < 4.78 is 0. The molecule has 2 atom stereocenters. The van der Waals surface area contributed by atoms with Crippen LogP contribution in [0.2, 0.25) is 0 Å². The molecule has 98 valence electrons. The van der Waals surface area contributed by atoms with Crippen molar-refractivity contribution in [1.82, 2.24) is 5.32 Å². The van der Waals surface area contributed by atoms with Crippen LogP contribution in [0.25, 0.3) is 0 Å². The number of carbonyl (C=O) groups excluding carboxylic acids is 3. The highest BCUT2D eigenvalue weighted by Gasteiger charge is 2.50. The van der Waals surface area contributed by atoms with E-state index in [0.717, 1.165) is 5.56 Å². The summed E-state index contributed by atoms with van der Waals surface area (Å²) in [6.45, 7) is 0. The second-order valence-corrected chi connectivity index (χ2v) is 6.15. The Labute approximate surface area is 118 Å². The zero-order valence-corrected chi connectivity index (χ0v) is 11.7. The fourth-order valence-corrected chi connectivity index (χ4v) is 3.79. The highest BCUT2D eigenvalue weighted by molar-refractivity contribution is 9.10. The third kappa shape index (κ3) is 1.75. The van der Waals surface area contributed by atoms with Gasteiger partial charge in [0, 0.05) is 12.0 Å². The van der Waals surface area contributed by atoms with Gasteiger partial charge in [-0.2, -0.15) is 0 Å². The van der Waals surface area contributed by atoms with Crippen LogP contribution in [0.15, 0.2) is 24.3 Å². The number of hydrogen-bond acceptors (Lipinski definition) is 3. The van der Waals surface area contributed by atoms with Gasteiger partial charge in [0.25, 0.3) is 0 Å². The first-order valence-electron chi connectivity index (χ1n) is 6.17. The molecule has 1 fully saturated rings. The summed E-state index contributed by atoms with van der Waals surface area (Å²) in [6, 6.07) is 7.19. The third-order valence-electron chi connectivity index (χ3n) is 3.99. The lowest BCUT2D eigenvalue weighted by atomic mass is 9.65. The first-order valence-corrected chi connectivity index (χ1v) is 7.08. The topological polar surface area (TPSA) is 63.2 Å². The van der Waals surface area contributed by atoms with E-state index < -0.39 is 5.41 Å². The smallest absolute Gasteiger partial charge is 0.237 e. The van der Waals surface area contributed by atoms with Gasteiger partial charge in [0.05, 0.1) is 10.2 Å². The first kappa shape index (κ1) is 12.5. The zero-order chi connectivity index (χ0) is 13.6. The lowest BCUT2D eigenvalue weighted by Crippen LogP contribution is -2.55. The van der Waals surface area contributed by atoms with Crippen molar-refractivity contribution in [3.05, 3.63) is 35.4 Å². The van der Waals surface area contributed by atoms with Gasteiger partial charge < -0.3 is 0 Å². The lowest BCUT2D eigenvalue weighted by Gasteiger charge is -2.41. The second kappa shape index (κ2) is 4.27. The maximum absolute atomic E-state index is 12.3. The molecule has 5 heteroatoms. The zero-order valence-electron chi connectivity index (χ0n) is 10.1. The fraction of sp³-hybridized carbons (Fsp3) is 0.357. The largest absolute Gasteiger partial charge is 0.296 e. The molecule has 1 saturated heterocycles. The van der Waals surface area contributed by atoms with Gasteiger partial charge in [-0.05, 0) is 18.4 Å². The van der Waals surface area contributed by atoms with Gasteiger partial charge in [-0.25, -0.2) is 0 Å². The third-order valence-corrected chi connectivity index (χ3v) is 4.73. The van der Waals surface area contributed by atoms with E-state index in [-0.39, 0.29) is 22.4 Å². The number of amides is 2. The highest BCUT2D eigenvalue weighted by Crippen LogP contribution is 2.44. The summed E-state index contributed by atoms with van der Waals surface area (Å²) >= 11 is 3.36. The molecule has 1 aliphatic heterocycles. The quantitative estimate of drug-likeness (QED) is 0.584. The second-order valence-electron chi connectivity index (χ2n) is 5.04. The molecule has 1 aliphatic carbocycles. The number of halogens is 1. The van der Waals surface area contributed by atoms with E-state index in [1.54, 1.807) is 12.1 Å². The van der Waals surface area contributed by atoms with Gasteiger partial charge in [0.15, 0.2) is 5.78 Å². The fourth-order valence-electron chi connectivity index (χ4n) is 2.99. The van der Waals surface area contributed by atoms with E-state index in [9.17, 15) is 14.4 Å². The minimum atomic E-state index is -0.757. The Morgan fingerprint density at radius 2 is 1.95 bits per heavy atom. The van der Waals surface area contributed by atoms with Crippen LogP contribution in [0.5, 0.6) is 0 Å². The van der Waals surface area contributed by atoms with E-state index in [1.807, 2.05) is 12.1 Å². The van der Waals surface area contributed by atoms with Crippen LogP contribution < -0.4 is 5.32 Å². The van der Waals surface area contributed by atoms with Crippen LogP contribution in [0.4, 0.5) is 0 Å². The number of imide groups is 1. The van der Waals surface area contributed by atoms with Crippen LogP contribution in [-0.2, 0) is 15.0 Å². The Morgan fingerprint density at radius 1 is 1.21 bits per heavy atom. The molecule has 2 aliphatic rings. The molecule has 0 radical (unpaired) electrons. The molecule has 0 aromatic heterocycles. The summed E-state index contributed by atoms with van der Waals surface area (Å²) in [5.74, 6) is -0.518. The summed E-state index contributed by atoms with van der Waals surface area (Å²) in [5, 5.41) is 2.41. The van der Waals surface area contributed by atoms with Crippen molar-refractivity contribution >= 4 is 33.5 Å². The molecule has 1 spiro atoms. The van der Waals surface area contributed by atoms with Crippen molar-refractivity contribution in [3.63, 3.8) is 0 Å². The van der Waals surface area contributed by atoms with E-state index in [4.69, 9.17) is 0 Å². The van der Waals surface area contributed by atoms with Gasteiger partial charge in [0.2, 0.25) is 11.8 Å².